The summed E-state index contributed by atoms with van der Waals surface area (Å²) in [6.45, 7) is 2.67. The highest BCUT2D eigenvalue weighted by Crippen LogP contribution is 2.25. The Morgan fingerprint density at radius 1 is 1.11 bits per heavy atom. The van der Waals surface area contributed by atoms with Gasteiger partial charge in [-0.05, 0) is 49.9 Å². The molecule has 0 aromatic heterocycles. The molecule has 0 aliphatic rings. The molecule has 2 aromatic rings. The zero-order valence-corrected chi connectivity index (χ0v) is 17.4. The first-order valence-electron chi connectivity index (χ1n) is 9.41. The Hall–Kier alpha value is -2.79. The Bertz CT molecular complexity index is 798. The SMILES string of the molecule is CCc1ccc(C(CNC(=O)/C=C/c2ccc(OC)cc2OC)N(C)C)cc1. The molecule has 0 saturated heterocycles. The molecule has 0 aliphatic heterocycles. The zero-order valence-electron chi connectivity index (χ0n) is 17.4. The fraction of sp³-hybridized carbons (Fsp3) is 0.348. The molecular formula is C23H30N2O3. The van der Waals surface area contributed by atoms with Crippen molar-refractivity contribution in [3.05, 3.63) is 65.2 Å². The van der Waals surface area contributed by atoms with Gasteiger partial charge in [0.25, 0.3) is 0 Å². The lowest BCUT2D eigenvalue weighted by atomic mass is 10.0. The molecule has 28 heavy (non-hydrogen) atoms. The van der Waals surface area contributed by atoms with Crippen LogP contribution in [0.25, 0.3) is 6.08 Å². The van der Waals surface area contributed by atoms with Crippen molar-refractivity contribution in [1.29, 1.82) is 0 Å². The molecule has 0 aliphatic carbocycles. The van der Waals surface area contributed by atoms with E-state index < -0.39 is 0 Å². The van der Waals surface area contributed by atoms with Crippen molar-refractivity contribution in [2.75, 3.05) is 34.9 Å². The third kappa shape index (κ3) is 5.86. The second-order valence-corrected chi connectivity index (χ2v) is 6.76. The molecule has 2 aromatic carbocycles. The number of aryl methyl sites for hydroxylation is 1. The normalized spacial score (nSPS) is 12.2. The van der Waals surface area contributed by atoms with Gasteiger partial charge in [0.15, 0.2) is 0 Å². The smallest absolute Gasteiger partial charge is 0.244 e. The molecule has 0 bridgehead atoms. The summed E-state index contributed by atoms with van der Waals surface area (Å²) < 4.78 is 10.5. The number of nitrogens with one attached hydrogen (secondary N) is 1. The first-order chi connectivity index (χ1) is 13.5. The third-order valence-electron chi connectivity index (χ3n) is 4.72. The summed E-state index contributed by atoms with van der Waals surface area (Å²) in [5.41, 5.74) is 3.31. The number of ether oxygens (including phenoxy) is 2. The number of rotatable bonds is 9. The standard InChI is InChI=1S/C23H30N2O3/c1-6-17-7-9-18(10-8-17)21(25(2)3)16-24-23(26)14-12-19-11-13-20(27-4)15-22(19)28-5/h7-15,21H,6,16H2,1-5H3,(H,24,26)/b14-12+. The van der Waals surface area contributed by atoms with Crippen molar-refractivity contribution in [1.82, 2.24) is 10.2 Å². The van der Waals surface area contributed by atoms with Gasteiger partial charge in [-0.15, -0.1) is 0 Å². The maximum Gasteiger partial charge on any atom is 0.244 e. The molecule has 1 N–H and O–H groups in total. The van der Waals surface area contributed by atoms with Crippen LogP contribution in [-0.4, -0.2) is 45.7 Å². The minimum atomic E-state index is -0.144. The summed E-state index contributed by atoms with van der Waals surface area (Å²) in [6.07, 6.45) is 4.29. The molecule has 0 spiro atoms. The number of carbonyl (C=O) groups is 1. The summed E-state index contributed by atoms with van der Waals surface area (Å²) in [4.78, 5) is 14.4. The average molecular weight is 383 g/mol. The van der Waals surface area contributed by atoms with E-state index in [2.05, 4.69) is 41.4 Å². The van der Waals surface area contributed by atoms with E-state index in [1.807, 2.05) is 26.2 Å². The van der Waals surface area contributed by atoms with E-state index >= 15 is 0 Å². The van der Waals surface area contributed by atoms with Gasteiger partial charge in [-0.25, -0.2) is 0 Å². The molecule has 1 unspecified atom stereocenters. The third-order valence-corrected chi connectivity index (χ3v) is 4.72. The summed E-state index contributed by atoms with van der Waals surface area (Å²) in [7, 11) is 7.23. The number of benzene rings is 2. The van der Waals surface area contributed by atoms with Crippen molar-refractivity contribution in [2.24, 2.45) is 0 Å². The fourth-order valence-electron chi connectivity index (χ4n) is 2.95. The van der Waals surface area contributed by atoms with Crippen molar-refractivity contribution in [2.45, 2.75) is 19.4 Å². The van der Waals surface area contributed by atoms with Gasteiger partial charge in [-0.2, -0.15) is 0 Å². The first kappa shape index (κ1) is 21.5. The van der Waals surface area contributed by atoms with Gasteiger partial charge >= 0.3 is 0 Å². The number of amides is 1. The van der Waals surface area contributed by atoms with Crippen LogP contribution in [0.5, 0.6) is 11.5 Å². The van der Waals surface area contributed by atoms with Crippen LogP contribution >= 0.6 is 0 Å². The molecule has 1 amide bonds. The van der Waals surface area contributed by atoms with Crippen LogP contribution in [0, 0.1) is 0 Å². The Balaban J connectivity index is 2.02. The van der Waals surface area contributed by atoms with E-state index in [0.29, 0.717) is 18.0 Å². The van der Waals surface area contributed by atoms with E-state index in [-0.39, 0.29) is 11.9 Å². The van der Waals surface area contributed by atoms with Crippen LogP contribution in [0.4, 0.5) is 0 Å². The number of hydrogen-bond donors (Lipinski definition) is 1. The Morgan fingerprint density at radius 3 is 2.39 bits per heavy atom. The number of likely N-dealkylation sites (N-methyl/N-ethyl adjacent to an activating group) is 1. The monoisotopic (exact) mass is 382 g/mol. The lowest BCUT2D eigenvalue weighted by molar-refractivity contribution is -0.116. The van der Waals surface area contributed by atoms with Crippen LogP contribution in [-0.2, 0) is 11.2 Å². The Morgan fingerprint density at radius 2 is 1.82 bits per heavy atom. The number of carbonyl (C=O) groups excluding carboxylic acids is 1. The average Bonchev–Trinajstić information content (AvgIpc) is 2.72. The highest BCUT2D eigenvalue weighted by Gasteiger charge is 2.14. The van der Waals surface area contributed by atoms with Gasteiger partial charge in [0, 0.05) is 24.3 Å². The van der Waals surface area contributed by atoms with Gasteiger partial charge in [0.05, 0.1) is 20.3 Å². The largest absolute Gasteiger partial charge is 0.497 e. The number of methoxy groups -OCH3 is 2. The molecule has 0 fully saturated rings. The molecule has 0 radical (unpaired) electrons. The van der Waals surface area contributed by atoms with Gasteiger partial charge in [0.2, 0.25) is 5.91 Å². The highest BCUT2D eigenvalue weighted by molar-refractivity contribution is 5.92. The fourth-order valence-corrected chi connectivity index (χ4v) is 2.95. The maximum absolute atomic E-state index is 12.3. The predicted molar refractivity (Wildman–Crippen MR) is 114 cm³/mol. The van der Waals surface area contributed by atoms with Crippen LogP contribution in [0.1, 0.15) is 29.7 Å². The molecule has 1 atom stereocenters. The number of hydrogen-bond acceptors (Lipinski definition) is 4. The lowest BCUT2D eigenvalue weighted by Gasteiger charge is -2.25. The van der Waals surface area contributed by atoms with Crippen LogP contribution in [0.3, 0.4) is 0 Å². The maximum atomic E-state index is 12.3. The molecule has 2 rings (SSSR count). The Labute approximate surface area is 168 Å². The predicted octanol–water partition coefficient (Wildman–Crippen LogP) is 3.70. The molecule has 5 heteroatoms. The van der Waals surface area contributed by atoms with Crippen LogP contribution in [0.15, 0.2) is 48.5 Å². The molecule has 5 nitrogen and oxygen atoms in total. The van der Waals surface area contributed by atoms with E-state index in [9.17, 15) is 4.79 Å². The topological polar surface area (TPSA) is 50.8 Å². The van der Waals surface area contributed by atoms with E-state index in [4.69, 9.17) is 9.47 Å². The molecule has 0 saturated carbocycles. The van der Waals surface area contributed by atoms with Crippen LogP contribution < -0.4 is 14.8 Å². The first-order valence-corrected chi connectivity index (χ1v) is 9.41. The lowest BCUT2D eigenvalue weighted by Crippen LogP contribution is -2.33. The van der Waals surface area contributed by atoms with Gasteiger partial charge in [-0.3, -0.25) is 4.79 Å². The molecule has 150 valence electrons. The van der Waals surface area contributed by atoms with Crippen LogP contribution in [0.2, 0.25) is 0 Å². The van der Waals surface area contributed by atoms with Crippen molar-refractivity contribution in [3.63, 3.8) is 0 Å². The Kier molecular flexibility index (Phi) is 8.08. The molecule has 0 heterocycles. The summed E-state index contributed by atoms with van der Waals surface area (Å²) in [5, 5.41) is 2.99. The number of nitrogens with zero attached hydrogens (tertiary/aromatic N) is 1. The zero-order chi connectivity index (χ0) is 20.5. The quantitative estimate of drug-likeness (QED) is 0.672. The highest BCUT2D eigenvalue weighted by atomic mass is 16.5. The van der Waals surface area contributed by atoms with E-state index in [1.54, 1.807) is 26.4 Å². The minimum Gasteiger partial charge on any atom is -0.497 e. The molecular weight excluding hydrogens is 352 g/mol. The van der Waals surface area contributed by atoms with Crippen molar-refractivity contribution < 1.29 is 14.3 Å². The summed E-state index contributed by atoms with van der Waals surface area (Å²) in [6, 6.07) is 14.1. The summed E-state index contributed by atoms with van der Waals surface area (Å²) >= 11 is 0. The van der Waals surface area contributed by atoms with Gasteiger partial charge in [-0.1, -0.05) is 31.2 Å². The van der Waals surface area contributed by atoms with E-state index in [1.165, 1.54) is 17.2 Å². The minimum absolute atomic E-state index is 0.110. The second-order valence-electron chi connectivity index (χ2n) is 6.76. The van der Waals surface area contributed by atoms with E-state index in [0.717, 1.165) is 12.0 Å². The van der Waals surface area contributed by atoms with Crippen molar-refractivity contribution in [3.8, 4) is 11.5 Å². The van der Waals surface area contributed by atoms with Gasteiger partial charge < -0.3 is 19.7 Å². The van der Waals surface area contributed by atoms with Crippen molar-refractivity contribution >= 4 is 12.0 Å². The second kappa shape index (κ2) is 10.5. The van der Waals surface area contributed by atoms with Gasteiger partial charge in [0.1, 0.15) is 11.5 Å². The summed E-state index contributed by atoms with van der Waals surface area (Å²) in [5.74, 6) is 1.22.